The molecule has 102 valence electrons. The Morgan fingerprint density at radius 1 is 1.39 bits per heavy atom. The molecular formula is C14H23BrN2O. The minimum Gasteiger partial charge on any atom is -0.497 e. The van der Waals surface area contributed by atoms with E-state index in [1.54, 1.807) is 7.11 Å². The largest absolute Gasteiger partial charge is 0.497 e. The van der Waals surface area contributed by atoms with E-state index in [4.69, 9.17) is 4.74 Å². The second-order valence-corrected chi connectivity index (χ2v) is 5.66. The first-order chi connectivity index (χ1) is 8.52. The highest BCUT2D eigenvalue weighted by Gasteiger charge is 2.06. The molecule has 0 bridgehead atoms. The third-order valence-electron chi connectivity index (χ3n) is 2.74. The highest BCUT2D eigenvalue weighted by atomic mass is 79.9. The van der Waals surface area contributed by atoms with E-state index >= 15 is 0 Å². The summed E-state index contributed by atoms with van der Waals surface area (Å²) < 4.78 is 6.38. The molecule has 1 N–H and O–H groups in total. The van der Waals surface area contributed by atoms with Gasteiger partial charge in [-0.1, -0.05) is 29.8 Å². The monoisotopic (exact) mass is 314 g/mol. The Hall–Kier alpha value is -0.580. The molecule has 4 heteroatoms. The summed E-state index contributed by atoms with van der Waals surface area (Å²) in [6, 6.07) is 6.63. The van der Waals surface area contributed by atoms with Crippen LogP contribution < -0.4 is 10.1 Å². The standard InChI is InChI=1S/C14H23BrN2O/c1-11(2)16-7-8-17(3)10-12-9-13(18-4)5-6-14(12)15/h5-6,9,11,16H,7-8,10H2,1-4H3. The quantitative estimate of drug-likeness (QED) is 0.837. The van der Waals surface area contributed by atoms with Crippen LogP contribution in [0.2, 0.25) is 0 Å². The molecule has 1 rings (SSSR count). The lowest BCUT2D eigenvalue weighted by Crippen LogP contribution is -2.32. The molecule has 0 unspecified atom stereocenters. The van der Waals surface area contributed by atoms with Gasteiger partial charge in [0.15, 0.2) is 0 Å². The van der Waals surface area contributed by atoms with Gasteiger partial charge in [0.1, 0.15) is 5.75 Å². The van der Waals surface area contributed by atoms with E-state index in [0.29, 0.717) is 6.04 Å². The van der Waals surface area contributed by atoms with Gasteiger partial charge in [0.05, 0.1) is 7.11 Å². The zero-order chi connectivity index (χ0) is 13.5. The molecule has 0 spiro atoms. The summed E-state index contributed by atoms with van der Waals surface area (Å²) >= 11 is 3.58. The molecule has 0 radical (unpaired) electrons. The van der Waals surface area contributed by atoms with E-state index in [2.05, 4.69) is 53.1 Å². The fourth-order valence-electron chi connectivity index (χ4n) is 1.71. The fraction of sp³-hybridized carbons (Fsp3) is 0.571. The molecule has 0 aliphatic rings. The van der Waals surface area contributed by atoms with Crippen molar-refractivity contribution in [3.63, 3.8) is 0 Å². The Morgan fingerprint density at radius 2 is 2.11 bits per heavy atom. The SMILES string of the molecule is COc1ccc(Br)c(CN(C)CCNC(C)C)c1. The number of nitrogens with one attached hydrogen (secondary N) is 1. The first kappa shape index (κ1) is 15.5. The fourth-order valence-corrected chi connectivity index (χ4v) is 2.09. The Labute approximate surface area is 119 Å². The molecule has 0 saturated carbocycles. The van der Waals surface area contributed by atoms with E-state index in [-0.39, 0.29) is 0 Å². The van der Waals surface area contributed by atoms with Gasteiger partial charge in [0, 0.05) is 30.1 Å². The Bertz CT molecular complexity index is 369. The number of likely N-dealkylation sites (N-methyl/N-ethyl adjacent to an activating group) is 1. The minimum atomic E-state index is 0.543. The summed E-state index contributed by atoms with van der Waals surface area (Å²) in [6.45, 7) is 7.28. The van der Waals surface area contributed by atoms with E-state index in [0.717, 1.165) is 29.9 Å². The summed E-state index contributed by atoms with van der Waals surface area (Å²) in [6.07, 6.45) is 0. The molecule has 0 heterocycles. The van der Waals surface area contributed by atoms with Crippen LogP contribution in [-0.4, -0.2) is 38.2 Å². The molecular weight excluding hydrogens is 292 g/mol. The third-order valence-corrected chi connectivity index (χ3v) is 3.51. The summed E-state index contributed by atoms with van der Waals surface area (Å²) in [5.74, 6) is 0.905. The van der Waals surface area contributed by atoms with Gasteiger partial charge in [-0.3, -0.25) is 0 Å². The van der Waals surface area contributed by atoms with Crippen molar-refractivity contribution in [2.75, 3.05) is 27.2 Å². The van der Waals surface area contributed by atoms with Crippen LogP contribution in [0.25, 0.3) is 0 Å². The Morgan fingerprint density at radius 3 is 2.72 bits per heavy atom. The average molecular weight is 315 g/mol. The number of rotatable bonds is 7. The molecule has 0 atom stereocenters. The first-order valence-corrected chi connectivity index (χ1v) is 7.06. The van der Waals surface area contributed by atoms with Gasteiger partial charge in [-0.2, -0.15) is 0 Å². The molecule has 18 heavy (non-hydrogen) atoms. The molecule has 1 aromatic carbocycles. The highest BCUT2D eigenvalue weighted by molar-refractivity contribution is 9.10. The second-order valence-electron chi connectivity index (χ2n) is 4.80. The lowest BCUT2D eigenvalue weighted by molar-refractivity contribution is 0.318. The van der Waals surface area contributed by atoms with E-state index in [9.17, 15) is 0 Å². The van der Waals surface area contributed by atoms with Crippen LogP contribution in [0.3, 0.4) is 0 Å². The predicted molar refractivity (Wildman–Crippen MR) is 80.2 cm³/mol. The summed E-state index contributed by atoms with van der Waals surface area (Å²) in [5.41, 5.74) is 1.25. The maximum absolute atomic E-state index is 5.25. The van der Waals surface area contributed by atoms with Gasteiger partial charge in [0.25, 0.3) is 0 Å². The lowest BCUT2D eigenvalue weighted by Gasteiger charge is -2.19. The highest BCUT2D eigenvalue weighted by Crippen LogP contribution is 2.23. The molecule has 0 saturated heterocycles. The number of benzene rings is 1. The van der Waals surface area contributed by atoms with Crippen LogP contribution in [0.5, 0.6) is 5.75 Å². The maximum Gasteiger partial charge on any atom is 0.119 e. The van der Waals surface area contributed by atoms with Crippen molar-refractivity contribution in [1.82, 2.24) is 10.2 Å². The van der Waals surface area contributed by atoms with Crippen LogP contribution in [0, 0.1) is 0 Å². The van der Waals surface area contributed by atoms with Crippen molar-refractivity contribution in [2.24, 2.45) is 0 Å². The van der Waals surface area contributed by atoms with Gasteiger partial charge in [0.2, 0.25) is 0 Å². The van der Waals surface area contributed by atoms with Crippen LogP contribution in [0.15, 0.2) is 22.7 Å². The average Bonchev–Trinajstić information content (AvgIpc) is 2.31. The van der Waals surface area contributed by atoms with E-state index in [1.807, 2.05) is 12.1 Å². The van der Waals surface area contributed by atoms with Crippen LogP contribution in [-0.2, 0) is 6.54 Å². The van der Waals surface area contributed by atoms with Crippen LogP contribution >= 0.6 is 15.9 Å². The number of nitrogens with zero attached hydrogens (tertiary/aromatic N) is 1. The molecule has 3 nitrogen and oxygen atoms in total. The summed E-state index contributed by atoms with van der Waals surface area (Å²) in [5, 5.41) is 3.42. The molecule has 0 amide bonds. The van der Waals surface area contributed by atoms with E-state index in [1.165, 1.54) is 5.56 Å². The topological polar surface area (TPSA) is 24.5 Å². The van der Waals surface area contributed by atoms with Gasteiger partial charge in [-0.15, -0.1) is 0 Å². The zero-order valence-electron chi connectivity index (χ0n) is 11.7. The lowest BCUT2D eigenvalue weighted by atomic mass is 10.2. The van der Waals surface area contributed by atoms with Crippen molar-refractivity contribution in [3.05, 3.63) is 28.2 Å². The molecule has 0 fully saturated rings. The van der Waals surface area contributed by atoms with Gasteiger partial charge < -0.3 is 15.0 Å². The van der Waals surface area contributed by atoms with Crippen molar-refractivity contribution >= 4 is 15.9 Å². The van der Waals surface area contributed by atoms with Crippen molar-refractivity contribution in [3.8, 4) is 5.75 Å². The number of hydrogen-bond acceptors (Lipinski definition) is 3. The maximum atomic E-state index is 5.25. The van der Waals surface area contributed by atoms with E-state index < -0.39 is 0 Å². The molecule has 0 aromatic heterocycles. The Kier molecular flexibility index (Phi) is 6.68. The van der Waals surface area contributed by atoms with Gasteiger partial charge >= 0.3 is 0 Å². The normalized spacial score (nSPS) is 11.3. The molecule has 0 aliphatic heterocycles. The number of hydrogen-bond donors (Lipinski definition) is 1. The van der Waals surface area contributed by atoms with Crippen molar-refractivity contribution < 1.29 is 4.74 Å². The summed E-state index contributed by atoms with van der Waals surface area (Å²) in [4.78, 5) is 2.30. The van der Waals surface area contributed by atoms with Crippen LogP contribution in [0.1, 0.15) is 19.4 Å². The summed E-state index contributed by atoms with van der Waals surface area (Å²) in [7, 11) is 3.83. The number of ether oxygens (including phenoxy) is 1. The minimum absolute atomic E-state index is 0.543. The zero-order valence-corrected chi connectivity index (χ0v) is 13.3. The first-order valence-electron chi connectivity index (χ1n) is 6.27. The number of methoxy groups -OCH3 is 1. The second kappa shape index (κ2) is 7.77. The van der Waals surface area contributed by atoms with Gasteiger partial charge in [-0.25, -0.2) is 0 Å². The molecule has 1 aromatic rings. The Balaban J connectivity index is 2.50. The van der Waals surface area contributed by atoms with Crippen molar-refractivity contribution in [2.45, 2.75) is 26.4 Å². The smallest absolute Gasteiger partial charge is 0.119 e. The third kappa shape index (κ3) is 5.38. The van der Waals surface area contributed by atoms with Crippen molar-refractivity contribution in [1.29, 1.82) is 0 Å². The van der Waals surface area contributed by atoms with Crippen LogP contribution in [0.4, 0.5) is 0 Å². The molecule has 0 aliphatic carbocycles. The predicted octanol–water partition coefficient (Wildman–Crippen LogP) is 2.89. The van der Waals surface area contributed by atoms with Gasteiger partial charge in [-0.05, 0) is 30.8 Å². The number of halogens is 1.